The Balaban J connectivity index is 2.38. The third-order valence-electron chi connectivity index (χ3n) is 3.06. The highest BCUT2D eigenvalue weighted by molar-refractivity contribution is 7.89. The topological polar surface area (TPSA) is 66.1 Å². The smallest absolute Gasteiger partial charge is 0.247 e. The van der Waals surface area contributed by atoms with Crippen molar-refractivity contribution in [3.8, 4) is 0 Å². The summed E-state index contributed by atoms with van der Waals surface area (Å²) in [6, 6.07) is 0. The maximum absolute atomic E-state index is 12.4. The summed E-state index contributed by atoms with van der Waals surface area (Å²) in [6.45, 7) is 6.48. The first kappa shape index (κ1) is 12.3. The van der Waals surface area contributed by atoms with Crippen LogP contribution in [0.3, 0.4) is 0 Å². The van der Waals surface area contributed by atoms with Gasteiger partial charge < -0.3 is 0 Å². The van der Waals surface area contributed by atoms with E-state index < -0.39 is 10.0 Å². The molecule has 1 aromatic heterocycles. The highest BCUT2D eigenvalue weighted by Crippen LogP contribution is 2.24. The van der Waals surface area contributed by atoms with Crippen molar-refractivity contribution < 1.29 is 8.42 Å². The number of hydrogen-bond acceptors (Lipinski definition) is 3. The highest BCUT2D eigenvalue weighted by Gasteiger charge is 2.29. The van der Waals surface area contributed by atoms with Gasteiger partial charge in [0.2, 0.25) is 10.0 Å². The number of rotatable bonds is 2. The van der Waals surface area contributed by atoms with Crippen LogP contribution in [-0.4, -0.2) is 36.0 Å². The molecule has 6 heteroatoms. The Labute approximate surface area is 102 Å². The number of sulfonamides is 1. The number of nitrogens with zero attached hydrogens (tertiary/aromatic N) is 2. The minimum absolute atomic E-state index is 0.324. The summed E-state index contributed by atoms with van der Waals surface area (Å²) in [4.78, 5) is 0.324. The van der Waals surface area contributed by atoms with Crippen LogP contribution < -0.4 is 0 Å². The zero-order chi connectivity index (χ0) is 12.6. The predicted octanol–water partition coefficient (Wildman–Crippen LogP) is 1.37. The van der Waals surface area contributed by atoms with Crippen LogP contribution in [0.2, 0.25) is 0 Å². The lowest BCUT2D eigenvalue weighted by Crippen LogP contribution is -2.35. The van der Waals surface area contributed by atoms with Gasteiger partial charge in [-0.3, -0.25) is 5.10 Å². The van der Waals surface area contributed by atoms with Gasteiger partial charge in [0.25, 0.3) is 0 Å². The summed E-state index contributed by atoms with van der Waals surface area (Å²) in [5.41, 5.74) is 2.39. The molecule has 0 amide bonds. The van der Waals surface area contributed by atoms with Crippen LogP contribution >= 0.6 is 0 Å². The van der Waals surface area contributed by atoms with Gasteiger partial charge in [-0.05, 0) is 27.2 Å². The lowest BCUT2D eigenvalue weighted by Gasteiger charge is -2.24. The van der Waals surface area contributed by atoms with E-state index in [1.54, 1.807) is 13.8 Å². The molecular weight excluding hydrogens is 238 g/mol. The molecule has 0 unspecified atom stereocenters. The maximum Gasteiger partial charge on any atom is 0.247 e. The van der Waals surface area contributed by atoms with Crippen molar-refractivity contribution in [1.29, 1.82) is 0 Å². The monoisotopic (exact) mass is 255 g/mol. The average Bonchev–Trinajstić information content (AvgIpc) is 2.59. The van der Waals surface area contributed by atoms with Gasteiger partial charge in [0.1, 0.15) is 4.90 Å². The molecule has 0 spiro atoms. The maximum atomic E-state index is 12.4. The standard InChI is InChI=1S/C11H17N3O2S/c1-8-4-6-14(7-5-8)17(15,16)11-9(2)12-13-10(11)3/h4H,5-7H2,1-3H3,(H,12,13). The average molecular weight is 255 g/mol. The van der Waals surface area contributed by atoms with E-state index in [0.29, 0.717) is 29.4 Å². The van der Waals surface area contributed by atoms with Gasteiger partial charge in [-0.25, -0.2) is 8.42 Å². The van der Waals surface area contributed by atoms with E-state index in [4.69, 9.17) is 0 Å². The highest BCUT2D eigenvalue weighted by atomic mass is 32.2. The lowest BCUT2D eigenvalue weighted by molar-refractivity contribution is 0.430. The molecule has 1 N–H and O–H groups in total. The second kappa shape index (κ2) is 4.27. The molecule has 0 saturated heterocycles. The summed E-state index contributed by atoms with van der Waals surface area (Å²) in [7, 11) is -3.41. The molecule has 1 aliphatic rings. The molecule has 2 heterocycles. The molecule has 0 fully saturated rings. The predicted molar refractivity (Wildman–Crippen MR) is 65.2 cm³/mol. The van der Waals surface area contributed by atoms with Crippen LogP contribution in [0, 0.1) is 13.8 Å². The van der Waals surface area contributed by atoms with E-state index in [1.165, 1.54) is 9.88 Å². The van der Waals surface area contributed by atoms with Crippen molar-refractivity contribution in [2.24, 2.45) is 0 Å². The van der Waals surface area contributed by atoms with Crippen molar-refractivity contribution in [2.45, 2.75) is 32.1 Å². The van der Waals surface area contributed by atoms with Crippen molar-refractivity contribution in [1.82, 2.24) is 14.5 Å². The Hall–Kier alpha value is -1.14. The molecule has 0 saturated carbocycles. The van der Waals surface area contributed by atoms with E-state index in [-0.39, 0.29) is 0 Å². The summed E-state index contributed by atoms with van der Waals surface area (Å²) in [5.74, 6) is 0. The number of aromatic nitrogens is 2. The molecular formula is C11H17N3O2S. The van der Waals surface area contributed by atoms with Gasteiger partial charge in [0, 0.05) is 13.1 Å². The van der Waals surface area contributed by atoms with Gasteiger partial charge in [0.05, 0.1) is 11.4 Å². The molecule has 0 radical (unpaired) electrons. The Morgan fingerprint density at radius 2 is 2.06 bits per heavy atom. The van der Waals surface area contributed by atoms with Crippen LogP contribution in [-0.2, 0) is 10.0 Å². The third-order valence-corrected chi connectivity index (χ3v) is 5.19. The molecule has 17 heavy (non-hydrogen) atoms. The third kappa shape index (κ3) is 2.14. The fourth-order valence-corrected chi connectivity index (χ4v) is 3.73. The summed E-state index contributed by atoms with van der Waals surface area (Å²) < 4.78 is 26.4. The van der Waals surface area contributed by atoms with Crippen LogP contribution in [0.15, 0.2) is 16.5 Å². The first-order valence-corrected chi connectivity index (χ1v) is 7.04. The lowest BCUT2D eigenvalue weighted by atomic mass is 10.1. The molecule has 1 aromatic rings. The van der Waals surface area contributed by atoms with Crippen LogP contribution in [0.5, 0.6) is 0 Å². The van der Waals surface area contributed by atoms with Crippen LogP contribution in [0.1, 0.15) is 24.7 Å². The Morgan fingerprint density at radius 3 is 2.53 bits per heavy atom. The molecule has 0 bridgehead atoms. The first-order valence-electron chi connectivity index (χ1n) is 5.60. The number of aryl methyl sites for hydroxylation is 2. The molecule has 0 atom stereocenters. The molecule has 2 rings (SSSR count). The molecule has 0 aromatic carbocycles. The second-order valence-electron chi connectivity index (χ2n) is 4.43. The summed E-state index contributed by atoms with van der Waals surface area (Å²) >= 11 is 0. The van der Waals surface area contributed by atoms with Gasteiger partial charge in [-0.1, -0.05) is 11.6 Å². The first-order chi connectivity index (χ1) is 7.93. The Kier molecular flexibility index (Phi) is 3.09. The zero-order valence-corrected chi connectivity index (χ0v) is 11.1. The number of aromatic amines is 1. The fraction of sp³-hybridized carbons (Fsp3) is 0.545. The van der Waals surface area contributed by atoms with Crippen LogP contribution in [0.4, 0.5) is 0 Å². The van der Waals surface area contributed by atoms with E-state index in [2.05, 4.69) is 10.2 Å². The normalized spacial score (nSPS) is 18.2. The van der Waals surface area contributed by atoms with Crippen molar-refractivity contribution in [3.63, 3.8) is 0 Å². The fourth-order valence-electron chi connectivity index (χ4n) is 2.02. The minimum atomic E-state index is -3.41. The Morgan fingerprint density at radius 1 is 1.35 bits per heavy atom. The quantitative estimate of drug-likeness (QED) is 0.812. The van der Waals surface area contributed by atoms with Crippen molar-refractivity contribution in [3.05, 3.63) is 23.0 Å². The Bertz CT molecular complexity index is 538. The van der Waals surface area contributed by atoms with E-state index in [9.17, 15) is 8.42 Å². The number of hydrogen-bond donors (Lipinski definition) is 1. The second-order valence-corrected chi connectivity index (χ2v) is 6.30. The van der Waals surface area contributed by atoms with Gasteiger partial charge in [-0.2, -0.15) is 9.40 Å². The summed E-state index contributed by atoms with van der Waals surface area (Å²) in [5, 5.41) is 6.67. The number of nitrogens with one attached hydrogen (secondary N) is 1. The van der Waals surface area contributed by atoms with Crippen LogP contribution in [0.25, 0.3) is 0 Å². The van der Waals surface area contributed by atoms with Gasteiger partial charge in [0.15, 0.2) is 0 Å². The van der Waals surface area contributed by atoms with E-state index >= 15 is 0 Å². The molecule has 1 aliphatic heterocycles. The van der Waals surface area contributed by atoms with E-state index in [0.717, 1.165) is 6.42 Å². The SMILES string of the molecule is CC1=CCN(S(=O)(=O)c2c(C)n[nH]c2C)CC1. The van der Waals surface area contributed by atoms with E-state index in [1.807, 2.05) is 13.0 Å². The van der Waals surface area contributed by atoms with Crippen molar-refractivity contribution in [2.75, 3.05) is 13.1 Å². The number of H-pyrrole nitrogens is 1. The van der Waals surface area contributed by atoms with Gasteiger partial charge >= 0.3 is 0 Å². The van der Waals surface area contributed by atoms with Gasteiger partial charge in [-0.15, -0.1) is 0 Å². The minimum Gasteiger partial charge on any atom is -0.281 e. The zero-order valence-electron chi connectivity index (χ0n) is 10.3. The molecule has 5 nitrogen and oxygen atoms in total. The molecule has 94 valence electrons. The molecule has 0 aliphatic carbocycles. The largest absolute Gasteiger partial charge is 0.281 e. The van der Waals surface area contributed by atoms with Crippen molar-refractivity contribution >= 4 is 10.0 Å². The summed E-state index contributed by atoms with van der Waals surface area (Å²) in [6.07, 6.45) is 2.76.